The van der Waals surface area contributed by atoms with E-state index in [4.69, 9.17) is 0 Å². The summed E-state index contributed by atoms with van der Waals surface area (Å²) >= 11 is 0. The first kappa shape index (κ1) is 10.8. The standard InChI is InChI=1S/C13H24/c1-11-5-7-12(8-6-11)9-10-13(2,3)4/h12H,1,5-10H2,2-4H3. The van der Waals surface area contributed by atoms with Crippen molar-refractivity contribution in [3.63, 3.8) is 0 Å². The fourth-order valence-corrected chi connectivity index (χ4v) is 2.01. The van der Waals surface area contributed by atoms with Gasteiger partial charge in [0.15, 0.2) is 0 Å². The van der Waals surface area contributed by atoms with E-state index in [0.29, 0.717) is 5.41 Å². The third-order valence-corrected chi connectivity index (χ3v) is 3.11. The molecular formula is C13H24. The van der Waals surface area contributed by atoms with Crippen molar-refractivity contribution in [3.8, 4) is 0 Å². The lowest BCUT2D eigenvalue weighted by Gasteiger charge is -2.26. The molecule has 0 spiro atoms. The van der Waals surface area contributed by atoms with E-state index in [0.717, 1.165) is 5.92 Å². The Morgan fingerprint density at radius 1 is 1.23 bits per heavy atom. The molecule has 0 aromatic carbocycles. The Labute approximate surface area is 83.4 Å². The van der Waals surface area contributed by atoms with Gasteiger partial charge in [-0.15, -0.1) is 0 Å². The minimum absolute atomic E-state index is 0.522. The van der Waals surface area contributed by atoms with Crippen LogP contribution in [0.4, 0.5) is 0 Å². The summed E-state index contributed by atoms with van der Waals surface area (Å²) in [7, 11) is 0. The van der Waals surface area contributed by atoms with Crippen LogP contribution in [0, 0.1) is 11.3 Å². The second kappa shape index (κ2) is 4.30. The largest absolute Gasteiger partial charge is 0.0999 e. The molecule has 1 aliphatic carbocycles. The minimum Gasteiger partial charge on any atom is -0.0999 e. The van der Waals surface area contributed by atoms with Crippen LogP contribution in [0.15, 0.2) is 12.2 Å². The molecule has 0 amide bonds. The molecule has 76 valence electrons. The van der Waals surface area contributed by atoms with Gasteiger partial charge in [-0.1, -0.05) is 32.9 Å². The van der Waals surface area contributed by atoms with Gasteiger partial charge < -0.3 is 0 Å². The Morgan fingerprint density at radius 2 is 1.77 bits per heavy atom. The Balaban J connectivity index is 2.20. The lowest BCUT2D eigenvalue weighted by Crippen LogP contribution is -2.12. The SMILES string of the molecule is C=C1CCC(CCC(C)(C)C)CC1. The number of hydrogen-bond acceptors (Lipinski definition) is 0. The van der Waals surface area contributed by atoms with Crippen LogP contribution in [0.5, 0.6) is 0 Å². The van der Waals surface area contributed by atoms with Crippen LogP contribution in [0.3, 0.4) is 0 Å². The third kappa shape index (κ3) is 4.50. The molecule has 0 aliphatic heterocycles. The summed E-state index contributed by atoms with van der Waals surface area (Å²) in [5, 5.41) is 0. The highest BCUT2D eigenvalue weighted by molar-refractivity contribution is 4.98. The maximum absolute atomic E-state index is 4.06. The topological polar surface area (TPSA) is 0 Å². The van der Waals surface area contributed by atoms with E-state index in [1.54, 1.807) is 0 Å². The number of hydrogen-bond donors (Lipinski definition) is 0. The molecule has 0 aromatic heterocycles. The highest BCUT2D eigenvalue weighted by atomic mass is 14.2. The molecule has 0 saturated heterocycles. The average Bonchev–Trinajstić information content (AvgIpc) is 2.02. The predicted molar refractivity (Wildman–Crippen MR) is 59.8 cm³/mol. The zero-order valence-corrected chi connectivity index (χ0v) is 9.53. The highest BCUT2D eigenvalue weighted by Crippen LogP contribution is 2.33. The molecule has 0 nitrogen and oxygen atoms in total. The average molecular weight is 180 g/mol. The molecule has 0 unspecified atom stereocenters. The molecule has 0 heteroatoms. The van der Waals surface area contributed by atoms with Crippen molar-refractivity contribution >= 4 is 0 Å². The molecule has 0 bridgehead atoms. The second-order valence-electron chi connectivity index (χ2n) is 5.79. The van der Waals surface area contributed by atoms with E-state index in [2.05, 4.69) is 27.4 Å². The van der Waals surface area contributed by atoms with E-state index >= 15 is 0 Å². The Morgan fingerprint density at radius 3 is 2.23 bits per heavy atom. The zero-order valence-electron chi connectivity index (χ0n) is 9.53. The molecule has 0 heterocycles. The van der Waals surface area contributed by atoms with Gasteiger partial charge in [0.05, 0.1) is 0 Å². The van der Waals surface area contributed by atoms with Crippen molar-refractivity contribution in [2.45, 2.75) is 59.3 Å². The van der Waals surface area contributed by atoms with Crippen molar-refractivity contribution in [1.82, 2.24) is 0 Å². The molecule has 0 N–H and O–H groups in total. The van der Waals surface area contributed by atoms with E-state index in [1.807, 2.05) is 0 Å². The smallest absolute Gasteiger partial charge is 0.0320 e. The van der Waals surface area contributed by atoms with Crippen LogP contribution in [-0.2, 0) is 0 Å². The van der Waals surface area contributed by atoms with Crippen molar-refractivity contribution in [2.75, 3.05) is 0 Å². The maximum Gasteiger partial charge on any atom is -0.0320 e. The van der Waals surface area contributed by atoms with Gasteiger partial charge in [-0.25, -0.2) is 0 Å². The van der Waals surface area contributed by atoms with Crippen LogP contribution in [0.25, 0.3) is 0 Å². The van der Waals surface area contributed by atoms with Crippen LogP contribution >= 0.6 is 0 Å². The van der Waals surface area contributed by atoms with Crippen LogP contribution < -0.4 is 0 Å². The van der Waals surface area contributed by atoms with Crippen LogP contribution in [0.2, 0.25) is 0 Å². The van der Waals surface area contributed by atoms with E-state index < -0.39 is 0 Å². The zero-order chi connectivity index (χ0) is 9.90. The van der Waals surface area contributed by atoms with Crippen LogP contribution in [0.1, 0.15) is 59.3 Å². The molecular weight excluding hydrogens is 156 g/mol. The molecule has 1 fully saturated rings. The van der Waals surface area contributed by atoms with E-state index in [1.165, 1.54) is 44.1 Å². The minimum atomic E-state index is 0.522. The highest BCUT2D eigenvalue weighted by Gasteiger charge is 2.18. The summed E-state index contributed by atoms with van der Waals surface area (Å²) in [5.74, 6) is 0.990. The predicted octanol–water partition coefficient (Wildman–Crippen LogP) is 4.56. The van der Waals surface area contributed by atoms with Gasteiger partial charge in [-0.3, -0.25) is 0 Å². The quantitative estimate of drug-likeness (QED) is 0.546. The first-order chi connectivity index (χ1) is 5.97. The summed E-state index contributed by atoms with van der Waals surface area (Å²) < 4.78 is 0. The lowest BCUT2D eigenvalue weighted by atomic mass is 9.79. The van der Waals surface area contributed by atoms with Gasteiger partial charge in [0.25, 0.3) is 0 Å². The van der Waals surface area contributed by atoms with E-state index in [9.17, 15) is 0 Å². The van der Waals surface area contributed by atoms with Gasteiger partial charge in [-0.2, -0.15) is 0 Å². The monoisotopic (exact) mass is 180 g/mol. The van der Waals surface area contributed by atoms with Crippen molar-refractivity contribution in [3.05, 3.63) is 12.2 Å². The van der Waals surface area contributed by atoms with E-state index in [-0.39, 0.29) is 0 Å². The van der Waals surface area contributed by atoms with Gasteiger partial charge in [0.2, 0.25) is 0 Å². The molecule has 1 saturated carbocycles. The first-order valence-corrected chi connectivity index (χ1v) is 5.64. The normalized spacial score (nSPS) is 20.7. The molecule has 1 rings (SSSR count). The van der Waals surface area contributed by atoms with Gasteiger partial charge in [0, 0.05) is 0 Å². The second-order valence-corrected chi connectivity index (χ2v) is 5.79. The number of rotatable bonds is 2. The molecule has 13 heavy (non-hydrogen) atoms. The fourth-order valence-electron chi connectivity index (χ4n) is 2.01. The lowest BCUT2D eigenvalue weighted by molar-refractivity contribution is 0.292. The Kier molecular flexibility index (Phi) is 3.58. The third-order valence-electron chi connectivity index (χ3n) is 3.11. The van der Waals surface area contributed by atoms with Gasteiger partial charge >= 0.3 is 0 Å². The fraction of sp³-hybridized carbons (Fsp3) is 0.846. The molecule has 0 aromatic rings. The number of allylic oxidation sites excluding steroid dienone is 1. The van der Waals surface area contributed by atoms with Crippen molar-refractivity contribution in [2.24, 2.45) is 11.3 Å². The van der Waals surface area contributed by atoms with Crippen molar-refractivity contribution in [1.29, 1.82) is 0 Å². The maximum atomic E-state index is 4.06. The molecule has 1 aliphatic rings. The van der Waals surface area contributed by atoms with Crippen LogP contribution in [-0.4, -0.2) is 0 Å². The molecule has 0 atom stereocenters. The summed E-state index contributed by atoms with van der Waals surface area (Å²) in [4.78, 5) is 0. The van der Waals surface area contributed by atoms with Crippen molar-refractivity contribution < 1.29 is 0 Å². The first-order valence-electron chi connectivity index (χ1n) is 5.64. The summed E-state index contributed by atoms with van der Waals surface area (Å²) in [6.45, 7) is 11.1. The van der Waals surface area contributed by atoms with Gasteiger partial charge in [-0.05, 0) is 49.9 Å². The van der Waals surface area contributed by atoms with Gasteiger partial charge in [0.1, 0.15) is 0 Å². The summed E-state index contributed by atoms with van der Waals surface area (Å²) in [6, 6.07) is 0. The summed E-state index contributed by atoms with van der Waals surface area (Å²) in [5.41, 5.74) is 2.00. The Bertz CT molecular complexity index is 161. The summed E-state index contributed by atoms with van der Waals surface area (Å²) in [6.07, 6.45) is 8.17. The Hall–Kier alpha value is -0.260. The molecule has 0 radical (unpaired) electrons.